The number of pyridine rings is 1. The largest absolute Gasteiger partial charge is 0.497 e. The van der Waals surface area contributed by atoms with Gasteiger partial charge in [-0.3, -0.25) is 4.79 Å². The van der Waals surface area contributed by atoms with Crippen molar-refractivity contribution in [2.45, 2.75) is 12.8 Å². The third-order valence-electron chi connectivity index (χ3n) is 6.30. The lowest BCUT2D eigenvalue weighted by atomic mass is 9.95. The monoisotopic (exact) mass is 437 g/mol. The van der Waals surface area contributed by atoms with Crippen LogP contribution in [0.15, 0.2) is 42.6 Å². The molecule has 4 heterocycles. The Kier molecular flexibility index (Phi) is 5.63. The number of hydrogen-bond acceptors (Lipinski definition) is 7. The fourth-order valence-electron chi connectivity index (χ4n) is 4.45. The third kappa shape index (κ3) is 4.17. The van der Waals surface area contributed by atoms with Gasteiger partial charge in [0.15, 0.2) is 5.13 Å². The van der Waals surface area contributed by atoms with Crippen molar-refractivity contribution in [2.75, 3.05) is 56.2 Å². The van der Waals surface area contributed by atoms with E-state index in [9.17, 15) is 4.79 Å². The number of carbonyl (C=O) groups is 1. The molecule has 0 aliphatic carbocycles. The maximum Gasteiger partial charge on any atom is 0.225 e. The summed E-state index contributed by atoms with van der Waals surface area (Å²) in [6.07, 6.45) is 3.59. The van der Waals surface area contributed by atoms with E-state index in [0.29, 0.717) is 5.91 Å². The minimum Gasteiger partial charge on any atom is -0.497 e. The van der Waals surface area contributed by atoms with Crippen molar-refractivity contribution in [3.63, 3.8) is 0 Å². The molecule has 0 spiro atoms. The molecule has 0 unspecified atom stereocenters. The number of ether oxygens (including phenoxy) is 1. The first-order valence-corrected chi connectivity index (χ1v) is 11.7. The molecule has 0 bridgehead atoms. The number of piperidine rings is 1. The summed E-state index contributed by atoms with van der Waals surface area (Å²) in [6.45, 7) is 5.07. The van der Waals surface area contributed by atoms with Gasteiger partial charge in [0.2, 0.25) is 5.91 Å². The minimum absolute atomic E-state index is 0.122. The van der Waals surface area contributed by atoms with Crippen LogP contribution in [-0.2, 0) is 4.79 Å². The van der Waals surface area contributed by atoms with E-state index in [1.54, 1.807) is 18.4 Å². The Morgan fingerprint density at radius 3 is 2.42 bits per heavy atom. The highest BCUT2D eigenvalue weighted by molar-refractivity contribution is 7.21. The average Bonchev–Trinajstić information content (AvgIpc) is 3.28. The minimum atomic E-state index is 0.122. The molecule has 2 aromatic heterocycles. The number of fused-ring (bicyclic) bond motifs is 1. The van der Waals surface area contributed by atoms with E-state index in [-0.39, 0.29) is 5.92 Å². The van der Waals surface area contributed by atoms with Crippen molar-refractivity contribution in [1.29, 1.82) is 0 Å². The summed E-state index contributed by atoms with van der Waals surface area (Å²) in [5, 5.41) is 1.02. The molecule has 162 valence electrons. The standard InChI is InChI=1S/C23H27N5O2S/c1-30-19-6-4-18(5-7-19)26-13-15-27(16-14-26)22(29)17-8-11-28(12-9-17)23-25-20-3-2-10-24-21(20)31-23/h2-7,10,17H,8-9,11-16H2,1H3. The number of aromatic nitrogens is 2. The molecule has 0 atom stereocenters. The van der Waals surface area contributed by atoms with Crippen LogP contribution in [-0.4, -0.2) is 67.2 Å². The molecule has 2 aliphatic heterocycles. The number of methoxy groups -OCH3 is 1. The van der Waals surface area contributed by atoms with Gasteiger partial charge in [0.05, 0.1) is 7.11 Å². The van der Waals surface area contributed by atoms with E-state index in [1.165, 1.54) is 5.69 Å². The SMILES string of the molecule is COc1ccc(N2CCN(C(=O)C3CCN(c4nc5cccnc5s4)CC3)CC2)cc1. The maximum atomic E-state index is 13.1. The highest BCUT2D eigenvalue weighted by Crippen LogP contribution is 2.31. The van der Waals surface area contributed by atoms with Crippen LogP contribution in [0, 0.1) is 5.92 Å². The second-order valence-corrected chi connectivity index (χ2v) is 9.05. The zero-order valence-electron chi connectivity index (χ0n) is 17.7. The van der Waals surface area contributed by atoms with Gasteiger partial charge in [-0.25, -0.2) is 9.97 Å². The van der Waals surface area contributed by atoms with Gasteiger partial charge in [0, 0.05) is 57.1 Å². The first-order chi connectivity index (χ1) is 15.2. The lowest BCUT2D eigenvalue weighted by molar-refractivity contribution is -0.136. The van der Waals surface area contributed by atoms with Crippen LogP contribution in [0.4, 0.5) is 10.8 Å². The topological polar surface area (TPSA) is 61.8 Å². The van der Waals surface area contributed by atoms with Gasteiger partial charge in [-0.1, -0.05) is 11.3 Å². The summed E-state index contributed by atoms with van der Waals surface area (Å²) < 4.78 is 5.24. The second-order valence-electron chi connectivity index (χ2n) is 8.10. The Morgan fingerprint density at radius 2 is 1.74 bits per heavy atom. The Bertz CT molecular complexity index is 1000. The molecule has 1 aromatic carbocycles. The summed E-state index contributed by atoms with van der Waals surface area (Å²) in [5.41, 5.74) is 2.14. The van der Waals surface area contributed by atoms with Crippen LogP contribution < -0.4 is 14.5 Å². The highest BCUT2D eigenvalue weighted by atomic mass is 32.1. The Labute approximate surface area is 186 Å². The number of benzene rings is 1. The zero-order valence-corrected chi connectivity index (χ0v) is 18.6. The number of hydrogen-bond donors (Lipinski definition) is 0. The number of nitrogens with zero attached hydrogens (tertiary/aromatic N) is 5. The van der Waals surface area contributed by atoms with Crippen molar-refractivity contribution >= 4 is 38.4 Å². The maximum absolute atomic E-state index is 13.1. The van der Waals surface area contributed by atoms with Crippen molar-refractivity contribution in [1.82, 2.24) is 14.9 Å². The molecule has 2 saturated heterocycles. The number of thiazole rings is 1. The number of rotatable bonds is 4. The smallest absolute Gasteiger partial charge is 0.225 e. The lowest BCUT2D eigenvalue weighted by Gasteiger charge is -2.39. The van der Waals surface area contributed by atoms with Gasteiger partial charge in [-0.2, -0.15) is 0 Å². The second kappa shape index (κ2) is 8.70. The first kappa shape index (κ1) is 20.1. The molecular formula is C23H27N5O2S. The van der Waals surface area contributed by atoms with Crippen LogP contribution in [0.2, 0.25) is 0 Å². The van der Waals surface area contributed by atoms with Gasteiger partial charge < -0.3 is 19.4 Å². The fourth-order valence-corrected chi connectivity index (χ4v) is 5.41. The third-order valence-corrected chi connectivity index (χ3v) is 7.34. The van der Waals surface area contributed by atoms with Crippen molar-refractivity contribution in [3.05, 3.63) is 42.6 Å². The molecule has 31 heavy (non-hydrogen) atoms. The molecule has 0 radical (unpaired) electrons. The molecule has 8 heteroatoms. The number of carbonyl (C=O) groups excluding carboxylic acids is 1. The van der Waals surface area contributed by atoms with E-state index in [4.69, 9.17) is 9.72 Å². The van der Waals surface area contributed by atoms with E-state index >= 15 is 0 Å². The highest BCUT2D eigenvalue weighted by Gasteiger charge is 2.31. The van der Waals surface area contributed by atoms with E-state index in [0.717, 1.165) is 73.3 Å². The predicted octanol–water partition coefficient (Wildman–Crippen LogP) is 3.27. The predicted molar refractivity (Wildman–Crippen MR) is 124 cm³/mol. The summed E-state index contributed by atoms with van der Waals surface area (Å²) >= 11 is 1.64. The molecule has 7 nitrogen and oxygen atoms in total. The summed E-state index contributed by atoms with van der Waals surface area (Å²) in [6, 6.07) is 12.1. The van der Waals surface area contributed by atoms with Gasteiger partial charge in [0.1, 0.15) is 16.1 Å². The Hall–Kier alpha value is -2.87. The number of piperazine rings is 1. The average molecular weight is 438 g/mol. The van der Waals surface area contributed by atoms with Crippen molar-refractivity contribution < 1.29 is 9.53 Å². The van der Waals surface area contributed by atoms with Gasteiger partial charge in [0.25, 0.3) is 0 Å². The Balaban J connectivity index is 1.14. The van der Waals surface area contributed by atoms with Gasteiger partial charge >= 0.3 is 0 Å². The molecule has 3 aromatic rings. The number of anilines is 2. The van der Waals surface area contributed by atoms with Crippen LogP contribution in [0.5, 0.6) is 5.75 Å². The summed E-state index contributed by atoms with van der Waals surface area (Å²) in [7, 11) is 1.68. The molecular weight excluding hydrogens is 410 g/mol. The van der Waals surface area contributed by atoms with E-state index in [2.05, 4.69) is 31.8 Å². The van der Waals surface area contributed by atoms with Crippen LogP contribution in [0.1, 0.15) is 12.8 Å². The number of amides is 1. The molecule has 1 amide bonds. The van der Waals surface area contributed by atoms with Crippen LogP contribution in [0.25, 0.3) is 10.3 Å². The molecule has 5 rings (SSSR count). The molecule has 0 saturated carbocycles. The molecule has 2 aliphatic rings. The van der Waals surface area contributed by atoms with Crippen molar-refractivity contribution in [2.24, 2.45) is 5.92 Å². The molecule has 2 fully saturated rings. The quantitative estimate of drug-likeness (QED) is 0.624. The van der Waals surface area contributed by atoms with E-state index in [1.807, 2.05) is 30.5 Å². The zero-order chi connectivity index (χ0) is 21.2. The van der Waals surface area contributed by atoms with E-state index < -0.39 is 0 Å². The summed E-state index contributed by atoms with van der Waals surface area (Å²) in [5.74, 6) is 1.31. The van der Waals surface area contributed by atoms with Crippen LogP contribution >= 0.6 is 11.3 Å². The lowest BCUT2D eigenvalue weighted by Crippen LogP contribution is -2.51. The first-order valence-electron chi connectivity index (χ1n) is 10.9. The normalized spacial score (nSPS) is 17.9. The van der Waals surface area contributed by atoms with Gasteiger partial charge in [-0.05, 0) is 49.2 Å². The van der Waals surface area contributed by atoms with Crippen LogP contribution in [0.3, 0.4) is 0 Å². The fraction of sp³-hybridized carbons (Fsp3) is 0.435. The molecule has 0 N–H and O–H groups in total. The Morgan fingerprint density at radius 1 is 1.00 bits per heavy atom. The van der Waals surface area contributed by atoms with Gasteiger partial charge in [-0.15, -0.1) is 0 Å². The van der Waals surface area contributed by atoms with Crippen molar-refractivity contribution in [3.8, 4) is 5.75 Å². The summed E-state index contributed by atoms with van der Waals surface area (Å²) in [4.78, 5) is 29.9.